The molecule has 1 saturated heterocycles. The Bertz CT molecular complexity index is 171. The Morgan fingerprint density at radius 1 is 1.73 bits per heavy atom. The van der Waals surface area contributed by atoms with Crippen LogP contribution in [-0.4, -0.2) is 30.4 Å². The lowest BCUT2D eigenvalue weighted by Crippen LogP contribution is -2.30. The molecule has 1 rings (SSSR count). The molecule has 0 aromatic heterocycles. The summed E-state index contributed by atoms with van der Waals surface area (Å²) in [5.74, 6) is 0.564. The van der Waals surface area contributed by atoms with E-state index in [9.17, 15) is 9.59 Å². The van der Waals surface area contributed by atoms with Crippen molar-refractivity contribution in [1.82, 2.24) is 0 Å². The number of esters is 1. The van der Waals surface area contributed by atoms with Crippen molar-refractivity contribution in [2.75, 3.05) is 18.6 Å². The van der Waals surface area contributed by atoms with Gasteiger partial charge < -0.3 is 4.74 Å². The highest BCUT2D eigenvalue weighted by molar-refractivity contribution is 7.99. The summed E-state index contributed by atoms with van der Waals surface area (Å²) >= 11 is 1.63. The Kier molecular flexibility index (Phi) is 2.93. The van der Waals surface area contributed by atoms with E-state index in [1.807, 2.05) is 0 Å². The van der Waals surface area contributed by atoms with Crippen LogP contribution in [0.3, 0.4) is 0 Å². The van der Waals surface area contributed by atoms with Crippen LogP contribution < -0.4 is 0 Å². The number of methoxy groups -OCH3 is 1. The topological polar surface area (TPSA) is 43.4 Å². The van der Waals surface area contributed by atoms with Crippen LogP contribution in [0.2, 0.25) is 0 Å². The van der Waals surface area contributed by atoms with Gasteiger partial charge in [0.2, 0.25) is 0 Å². The van der Waals surface area contributed by atoms with Crippen LogP contribution in [0.1, 0.15) is 6.42 Å². The summed E-state index contributed by atoms with van der Waals surface area (Å²) in [6.45, 7) is 0. The summed E-state index contributed by atoms with van der Waals surface area (Å²) in [7, 11) is 1.31. The minimum absolute atomic E-state index is 0.0237. The summed E-state index contributed by atoms with van der Waals surface area (Å²) in [6, 6.07) is 0. The van der Waals surface area contributed by atoms with Gasteiger partial charge in [-0.3, -0.25) is 9.59 Å². The number of ether oxygens (including phenoxy) is 1. The molecule has 0 N–H and O–H groups in total. The number of carbonyl (C=O) groups is 2. The second-order valence-electron chi connectivity index (χ2n) is 2.37. The van der Waals surface area contributed by atoms with Crippen LogP contribution in [0.4, 0.5) is 0 Å². The van der Waals surface area contributed by atoms with Gasteiger partial charge in [-0.05, 0) is 0 Å². The van der Waals surface area contributed by atoms with Gasteiger partial charge in [0.15, 0.2) is 0 Å². The maximum atomic E-state index is 11.1. The van der Waals surface area contributed by atoms with Gasteiger partial charge in [0.25, 0.3) is 0 Å². The van der Waals surface area contributed by atoms with Gasteiger partial charge in [-0.2, -0.15) is 11.8 Å². The normalized spacial score (nSPS) is 24.8. The molecule has 1 aliphatic heterocycles. The van der Waals surface area contributed by atoms with E-state index in [1.54, 1.807) is 11.8 Å². The zero-order chi connectivity index (χ0) is 8.27. The fraction of sp³-hybridized carbons (Fsp3) is 0.714. The molecule has 1 aliphatic rings. The van der Waals surface area contributed by atoms with Gasteiger partial charge in [0.05, 0.1) is 7.11 Å². The van der Waals surface area contributed by atoms with Crippen molar-refractivity contribution in [3.63, 3.8) is 0 Å². The van der Waals surface area contributed by atoms with Crippen molar-refractivity contribution in [1.29, 1.82) is 0 Å². The largest absolute Gasteiger partial charge is 0.468 e. The third-order valence-corrected chi connectivity index (χ3v) is 2.71. The first-order valence-electron chi connectivity index (χ1n) is 3.44. The summed E-state index contributed by atoms with van der Waals surface area (Å²) in [5, 5.41) is 0. The van der Waals surface area contributed by atoms with Gasteiger partial charge >= 0.3 is 5.97 Å². The minimum atomic E-state index is -0.501. The predicted octanol–water partition coefficient (Wildman–Crippen LogP) is 0.482. The molecule has 62 valence electrons. The van der Waals surface area contributed by atoms with Crippen LogP contribution in [-0.2, 0) is 14.3 Å². The molecular weight excluding hydrogens is 164 g/mol. The van der Waals surface area contributed by atoms with Gasteiger partial charge in [-0.25, -0.2) is 0 Å². The zero-order valence-electron chi connectivity index (χ0n) is 6.33. The fourth-order valence-corrected chi connectivity index (χ4v) is 2.05. The molecule has 0 bridgehead atoms. The molecule has 0 aromatic carbocycles. The van der Waals surface area contributed by atoms with Gasteiger partial charge in [0, 0.05) is 17.9 Å². The quantitative estimate of drug-likeness (QED) is 0.428. The Balaban J connectivity index is 2.54. The van der Waals surface area contributed by atoms with E-state index in [4.69, 9.17) is 0 Å². The lowest BCUT2D eigenvalue weighted by Gasteiger charge is -2.17. The van der Waals surface area contributed by atoms with Crippen molar-refractivity contribution in [3.8, 4) is 0 Å². The van der Waals surface area contributed by atoms with Crippen molar-refractivity contribution in [2.45, 2.75) is 6.42 Å². The average molecular weight is 174 g/mol. The highest BCUT2D eigenvalue weighted by Crippen LogP contribution is 2.20. The number of ketones is 1. The van der Waals surface area contributed by atoms with E-state index in [0.29, 0.717) is 12.2 Å². The van der Waals surface area contributed by atoms with E-state index < -0.39 is 5.92 Å². The third kappa shape index (κ3) is 1.96. The number of carbonyl (C=O) groups excluding carboxylic acids is 2. The number of thioether (sulfide) groups is 1. The molecule has 0 aliphatic carbocycles. The Labute approximate surface area is 69.5 Å². The maximum Gasteiger partial charge on any atom is 0.317 e. The number of hydrogen-bond donors (Lipinski definition) is 0. The smallest absolute Gasteiger partial charge is 0.317 e. The first-order chi connectivity index (χ1) is 5.25. The van der Waals surface area contributed by atoms with Gasteiger partial charge in [0.1, 0.15) is 11.7 Å². The number of rotatable bonds is 1. The summed E-state index contributed by atoms with van der Waals surface area (Å²) in [5.41, 5.74) is 0. The van der Waals surface area contributed by atoms with Crippen molar-refractivity contribution < 1.29 is 14.3 Å². The number of Topliss-reactive ketones (excluding diaryl/α,β-unsaturated/α-hetero) is 1. The highest BCUT2D eigenvalue weighted by atomic mass is 32.2. The van der Waals surface area contributed by atoms with Crippen molar-refractivity contribution in [3.05, 3.63) is 0 Å². The van der Waals surface area contributed by atoms with Crippen molar-refractivity contribution in [2.24, 2.45) is 5.92 Å². The highest BCUT2D eigenvalue weighted by Gasteiger charge is 2.29. The molecule has 4 heteroatoms. The van der Waals surface area contributed by atoms with Crippen LogP contribution in [0.15, 0.2) is 0 Å². The summed E-state index contributed by atoms with van der Waals surface area (Å²) < 4.78 is 4.49. The molecule has 1 heterocycles. The summed E-state index contributed by atoms with van der Waals surface area (Å²) in [6.07, 6.45) is 0.504. The SMILES string of the molecule is COC(=O)C1CSCCC1=O. The molecule has 0 spiro atoms. The van der Waals surface area contributed by atoms with Crippen LogP contribution in [0.5, 0.6) is 0 Å². The van der Waals surface area contributed by atoms with Crippen LogP contribution in [0, 0.1) is 5.92 Å². The first-order valence-corrected chi connectivity index (χ1v) is 4.59. The Morgan fingerprint density at radius 2 is 2.45 bits per heavy atom. The standard InChI is InChI=1S/C7H10O3S/c1-10-7(9)5-4-11-3-2-6(5)8/h5H,2-4H2,1H3. The predicted molar refractivity (Wildman–Crippen MR) is 42.5 cm³/mol. The van der Waals surface area contributed by atoms with E-state index >= 15 is 0 Å². The second kappa shape index (κ2) is 3.76. The number of hydrogen-bond acceptors (Lipinski definition) is 4. The van der Waals surface area contributed by atoms with Gasteiger partial charge in [-0.1, -0.05) is 0 Å². The monoisotopic (exact) mass is 174 g/mol. The molecule has 0 aromatic rings. The van der Waals surface area contributed by atoms with Gasteiger partial charge in [-0.15, -0.1) is 0 Å². The summed E-state index contributed by atoms with van der Waals surface area (Å²) in [4.78, 5) is 22.0. The molecule has 1 atom stereocenters. The van der Waals surface area contributed by atoms with Crippen LogP contribution in [0.25, 0.3) is 0 Å². The van der Waals surface area contributed by atoms with E-state index in [1.165, 1.54) is 7.11 Å². The van der Waals surface area contributed by atoms with Crippen LogP contribution >= 0.6 is 11.8 Å². The Hall–Kier alpha value is -0.510. The molecule has 1 fully saturated rings. The molecule has 0 radical (unpaired) electrons. The third-order valence-electron chi connectivity index (χ3n) is 1.65. The second-order valence-corrected chi connectivity index (χ2v) is 3.52. The molecular formula is C7H10O3S. The molecule has 11 heavy (non-hydrogen) atoms. The fourth-order valence-electron chi connectivity index (χ4n) is 0.983. The van der Waals surface area contributed by atoms with Crippen molar-refractivity contribution >= 4 is 23.5 Å². The molecule has 0 amide bonds. The first kappa shape index (κ1) is 8.59. The lowest BCUT2D eigenvalue weighted by molar-refractivity contribution is -0.148. The maximum absolute atomic E-state index is 11.1. The minimum Gasteiger partial charge on any atom is -0.468 e. The average Bonchev–Trinajstić information content (AvgIpc) is 2.04. The van der Waals surface area contributed by atoms with E-state index in [-0.39, 0.29) is 11.8 Å². The zero-order valence-corrected chi connectivity index (χ0v) is 7.15. The molecule has 0 saturated carbocycles. The van der Waals surface area contributed by atoms with E-state index in [0.717, 1.165) is 5.75 Å². The molecule has 1 unspecified atom stereocenters. The molecule has 3 nitrogen and oxygen atoms in total. The lowest BCUT2D eigenvalue weighted by atomic mass is 10.0. The Morgan fingerprint density at radius 3 is 3.00 bits per heavy atom. The van der Waals surface area contributed by atoms with E-state index in [2.05, 4.69) is 4.74 Å².